The molecule has 7 heteroatoms. The molecule has 0 saturated carbocycles. The van der Waals surface area contributed by atoms with Gasteiger partial charge in [-0.2, -0.15) is 0 Å². The zero-order valence-corrected chi connectivity index (χ0v) is 13.5. The maximum atomic E-state index is 11.2. The molecule has 1 rings (SSSR count). The molecule has 1 aromatic rings. The van der Waals surface area contributed by atoms with Gasteiger partial charge in [0.2, 0.25) is 10.0 Å². The Morgan fingerprint density at radius 1 is 1.37 bits per heavy atom. The summed E-state index contributed by atoms with van der Waals surface area (Å²) >= 11 is 3.33. The lowest BCUT2D eigenvalue weighted by atomic mass is 9.96. The van der Waals surface area contributed by atoms with Crippen LogP contribution in [0.25, 0.3) is 0 Å². The van der Waals surface area contributed by atoms with Gasteiger partial charge in [-0.1, -0.05) is 13.8 Å². The van der Waals surface area contributed by atoms with Crippen LogP contribution in [-0.4, -0.2) is 21.5 Å². The van der Waals surface area contributed by atoms with E-state index in [4.69, 9.17) is 10.9 Å². The molecule has 1 atom stereocenters. The summed E-state index contributed by atoms with van der Waals surface area (Å²) in [5.41, 5.74) is 6.54. The number of rotatable bonds is 6. The van der Waals surface area contributed by atoms with E-state index >= 15 is 0 Å². The van der Waals surface area contributed by atoms with Gasteiger partial charge < -0.3 is 11.1 Å². The summed E-state index contributed by atoms with van der Waals surface area (Å²) in [5, 5.41) is 8.34. The van der Waals surface area contributed by atoms with Crippen LogP contribution in [0, 0.1) is 11.8 Å². The fourth-order valence-electron chi connectivity index (χ4n) is 1.65. The molecule has 1 aromatic carbocycles. The van der Waals surface area contributed by atoms with Gasteiger partial charge in [0.05, 0.1) is 4.90 Å². The number of sulfonamides is 1. The first-order chi connectivity index (χ1) is 8.75. The number of hydrogen-bond donors (Lipinski definition) is 3. The van der Waals surface area contributed by atoms with Gasteiger partial charge >= 0.3 is 0 Å². The quantitative estimate of drug-likeness (QED) is 0.728. The molecule has 0 spiro atoms. The number of halogens is 1. The molecule has 0 fully saturated rings. The van der Waals surface area contributed by atoms with E-state index in [-0.39, 0.29) is 4.90 Å². The third-order valence-electron chi connectivity index (χ3n) is 3.07. The van der Waals surface area contributed by atoms with E-state index in [1.807, 2.05) is 0 Å². The summed E-state index contributed by atoms with van der Waals surface area (Å²) in [6, 6.07) is 4.66. The Labute approximate surface area is 122 Å². The fourth-order valence-corrected chi connectivity index (χ4v) is 2.86. The maximum absolute atomic E-state index is 11.2. The number of primary sulfonamides is 1. The molecule has 0 aliphatic carbocycles. The van der Waals surface area contributed by atoms with Crippen molar-refractivity contribution in [2.75, 3.05) is 18.4 Å². The fraction of sp³-hybridized carbons (Fsp3) is 0.500. The van der Waals surface area contributed by atoms with Crippen molar-refractivity contribution in [3.05, 3.63) is 22.7 Å². The lowest BCUT2D eigenvalue weighted by molar-refractivity contribution is 0.413. The standard InChI is InChI=1S/C12H20BrN3O2S/c1-8(2)9(6-14)7-16-12-4-3-10(5-11(12)13)19(15,17)18/h3-5,8-9,16H,6-7,14H2,1-2H3,(H2,15,17,18). The van der Waals surface area contributed by atoms with Crippen LogP contribution in [0.4, 0.5) is 5.69 Å². The van der Waals surface area contributed by atoms with E-state index in [0.29, 0.717) is 22.9 Å². The van der Waals surface area contributed by atoms with Crippen molar-refractivity contribution >= 4 is 31.6 Å². The molecule has 0 aromatic heterocycles. The van der Waals surface area contributed by atoms with Gasteiger partial charge in [0, 0.05) is 16.7 Å². The highest BCUT2D eigenvalue weighted by molar-refractivity contribution is 9.10. The molecule has 0 saturated heterocycles. The smallest absolute Gasteiger partial charge is 0.238 e. The Kier molecular flexibility index (Phi) is 5.79. The second-order valence-corrected chi connectivity index (χ2v) is 7.22. The first-order valence-electron chi connectivity index (χ1n) is 6.02. The summed E-state index contributed by atoms with van der Waals surface area (Å²) in [6.45, 7) is 5.59. The van der Waals surface area contributed by atoms with Crippen LogP contribution in [0.3, 0.4) is 0 Å². The molecule has 108 valence electrons. The number of benzene rings is 1. The predicted octanol–water partition coefficient (Wildman–Crippen LogP) is 1.74. The van der Waals surface area contributed by atoms with Crippen molar-refractivity contribution in [2.24, 2.45) is 22.7 Å². The minimum atomic E-state index is -3.67. The van der Waals surface area contributed by atoms with E-state index in [1.165, 1.54) is 12.1 Å². The number of nitrogens with two attached hydrogens (primary N) is 2. The summed E-state index contributed by atoms with van der Waals surface area (Å²) < 4.78 is 23.1. The van der Waals surface area contributed by atoms with E-state index < -0.39 is 10.0 Å². The van der Waals surface area contributed by atoms with Gasteiger partial charge in [0.15, 0.2) is 0 Å². The first-order valence-corrected chi connectivity index (χ1v) is 8.36. The lowest BCUT2D eigenvalue weighted by Crippen LogP contribution is -2.27. The van der Waals surface area contributed by atoms with Gasteiger partial charge in [-0.15, -0.1) is 0 Å². The Balaban J connectivity index is 2.81. The minimum Gasteiger partial charge on any atom is -0.384 e. The summed E-state index contributed by atoms with van der Waals surface area (Å²) in [4.78, 5) is 0.0872. The molecule has 0 amide bonds. The van der Waals surface area contributed by atoms with Crippen LogP contribution < -0.4 is 16.2 Å². The Bertz CT molecular complexity index is 532. The van der Waals surface area contributed by atoms with Crippen LogP contribution >= 0.6 is 15.9 Å². The highest BCUT2D eigenvalue weighted by Crippen LogP contribution is 2.25. The molecular formula is C12H20BrN3O2S. The van der Waals surface area contributed by atoms with Gasteiger partial charge in [0.1, 0.15) is 0 Å². The van der Waals surface area contributed by atoms with Crippen molar-refractivity contribution in [1.29, 1.82) is 0 Å². The van der Waals surface area contributed by atoms with E-state index in [2.05, 4.69) is 35.1 Å². The van der Waals surface area contributed by atoms with Crippen molar-refractivity contribution in [3.63, 3.8) is 0 Å². The molecule has 0 aliphatic rings. The predicted molar refractivity (Wildman–Crippen MR) is 81.4 cm³/mol. The van der Waals surface area contributed by atoms with Crippen LogP contribution in [-0.2, 0) is 10.0 Å². The second kappa shape index (κ2) is 6.69. The largest absolute Gasteiger partial charge is 0.384 e. The SMILES string of the molecule is CC(C)C(CN)CNc1ccc(S(N)(=O)=O)cc1Br. The van der Waals surface area contributed by atoms with Gasteiger partial charge in [-0.05, 0) is 52.5 Å². The van der Waals surface area contributed by atoms with Crippen molar-refractivity contribution in [3.8, 4) is 0 Å². The Morgan fingerprint density at radius 3 is 2.42 bits per heavy atom. The van der Waals surface area contributed by atoms with E-state index in [9.17, 15) is 8.42 Å². The molecule has 5 N–H and O–H groups in total. The number of hydrogen-bond acceptors (Lipinski definition) is 4. The topological polar surface area (TPSA) is 98.2 Å². The molecule has 0 aliphatic heterocycles. The van der Waals surface area contributed by atoms with Crippen LogP contribution in [0.2, 0.25) is 0 Å². The Hall–Kier alpha value is -0.630. The van der Waals surface area contributed by atoms with Crippen LogP contribution in [0.1, 0.15) is 13.8 Å². The van der Waals surface area contributed by atoms with Gasteiger partial charge in [-0.3, -0.25) is 0 Å². The first kappa shape index (κ1) is 16.4. The molecular weight excluding hydrogens is 330 g/mol. The normalized spacial score (nSPS) is 13.6. The van der Waals surface area contributed by atoms with Gasteiger partial charge in [0.25, 0.3) is 0 Å². The monoisotopic (exact) mass is 349 g/mol. The molecule has 1 unspecified atom stereocenters. The molecule has 0 radical (unpaired) electrons. The number of nitrogens with one attached hydrogen (secondary N) is 1. The lowest BCUT2D eigenvalue weighted by Gasteiger charge is -2.20. The molecule has 0 bridgehead atoms. The molecule has 0 heterocycles. The van der Waals surface area contributed by atoms with Crippen LogP contribution in [0.5, 0.6) is 0 Å². The highest BCUT2D eigenvalue weighted by Gasteiger charge is 2.13. The third-order valence-corrected chi connectivity index (χ3v) is 4.64. The summed E-state index contributed by atoms with van der Waals surface area (Å²) in [5.74, 6) is 0.852. The average Bonchev–Trinajstić information content (AvgIpc) is 2.29. The third kappa shape index (κ3) is 4.76. The summed E-state index contributed by atoms with van der Waals surface area (Å²) in [6.07, 6.45) is 0. The zero-order chi connectivity index (χ0) is 14.6. The molecule has 5 nitrogen and oxygen atoms in total. The molecule has 19 heavy (non-hydrogen) atoms. The van der Waals surface area contributed by atoms with Crippen molar-refractivity contribution in [2.45, 2.75) is 18.7 Å². The minimum absolute atomic E-state index is 0.0872. The van der Waals surface area contributed by atoms with E-state index in [0.717, 1.165) is 12.2 Å². The van der Waals surface area contributed by atoms with Gasteiger partial charge in [-0.25, -0.2) is 13.6 Å². The highest BCUT2D eigenvalue weighted by atomic mass is 79.9. The zero-order valence-electron chi connectivity index (χ0n) is 11.1. The van der Waals surface area contributed by atoms with Crippen molar-refractivity contribution < 1.29 is 8.42 Å². The summed E-state index contributed by atoms with van der Waals surface area (Å²) in [7, 11) is -3.67. The Morgan fingerprint density at radius 2 is 2.00 bits per heavy atom. The van der Waals surface area contributed by atoms with Crippen LogP contribution in [0.15, 0.2) is 27.6 Å². The maximum Gasteiger partial charge on any atom is 0.238 e. The van der Waals surface area contributed by atoms with Crippen molar-refractivity contribution in [1.82, 2.24) is 0 Å². The average molecular weight is 350 g/mol. The number of anilines is 1. The second-order valence-electron chi connectivity index (χ2n) is 4.81. The van der Waals surface area contributed by atoms with E-state index in [1.54, 1.807) is 6.07 Å².